The predicted molar refractivity (Wildman–Crippen MR) is 44.6 cm³/mol. The molecule has 0 aliphatic rings. The second-order valence-electron chi connectivity index (χ2n) is 2.60. The van der Waals surface area contributed by atoms with Crippen LogP contribution in [0.4, 0.5) is 0 Å². The fraction of sp³-hybridized carbons (Fsp3) is 0.500. The normalized spacial score (nSPS) is 9.50. The van der Waals surface area contributed by atoms with Crippen LogP contribution in [0.3, 0.4) is 0 Å². The molecule has 0 radical (unpaired) electrons. The summed E-state index contributed by atoms with van der Waals surface area (Å²) in [4.78, 5) is 13.2. The van der Waals surface area contributed by atoms with Crippen molar-refractivity contribution in [1.29, 1.82) is 0 Å². The minimum absolute atomic E-state index is 0.496. The molecule has 4 nitrogen and oxygen atoms in total. The molecule has 0 amide bonds. The molecule has 64 valence electrons. The standard InChI is InChI=1S/C8H11N3O/c1-7-8(3-4-9-6-12)5-10-11(7)2/h5H,3-4H2,1-2H3. The smallest absolute Gasteiger partial charge is 0.234 e. The van der Waals surface area contributed by atoms with Gasteiger partial charge in [-0.25, -0.2) is 9.79 Å². The molecule has 4 heteroatoms. The van der Waals surface area contributed by atoms with E-state index in [1.165, 1.54) is 6.08 Å². The molecule has 0 atom stereocenters. The number of aliphatic imine (C=N–C) groups is 1. The summed E-state index contributed by atoms with van der Waals surface area (Å²) in [6, 6.07) is 0. The molecule has 12 heavy (non-hydrogen) atoms. The third-order valence-corrected chi connectivity index (χ3v) is 1.89. The molecule has 1 heterocycles. The summed E-state index contributed by atoms with van der Waals surface area (Å²) >= 11 is 0. The van der Waals surface area contributed by atoms with Crippen LogP contribution in [0.5, 0.6) is 0 Å². The Kier molecular flexibility index (Phi) is 2.77. The average molecular weight is 165 g/mol. The zero-order chi connectivity index (χ0) is 8.97. The Morgan fingerprint density at radius 2 is 2.50 bits per heavy atom. The van der Waals surface area contributed by atoms with Crippen molar-refractivity contribution in [2.45, 2.75) is 13.3 Å². The third-order valence-electron chi connectivity index (χ3n) is 1.89. The highest BCUT2D eigenvalue weighted by Crippen LogP contribution is 2.05. The lowest BCUT2D eigenvalue weighted by molar-refractivity contribution is 0.563. The highest BCUT2D eigenvalue weighted by molar-refractivity contribution is 5.33. The lowest BCUT2D eigenvalue weighted by atomic mass is 10.2. The molecule has 0 aromatic carbocycles. The Hall–Kier alpha value is -1.41. The molecule has 1 rings (SSSR count). The van der Waals surface area contributed by atoms with Gasteiger partial charge in [0.2, 0.25) is 6.08 Å². The summed E-state index contributed by atoms with van der Waals surface area (Å²) in [6.45, 7) is 2.49. The molecule has 1 aromatic rings. The fourth-order valence-electron chi connectivity index (χ4n) is 1.01. The molecule has 0 saturated heterocycles. The predicted octanol–water partition coefficient (Wildman–Crippen LogP) is 0.607. The van der Waals surface area contributed by atoms with E-state index in [1.54, 1.807) is 10.9 Å². The van der Waals surface area contributed by atoms with E-state index in [4.69, 9.17) is 0 Å². The first-order valence-electron chi connectivity index (χ1n) is 3.77. The highest BCUT2D eigenvalue weighted by atomic mass is 16.1. The summed E-state index contributed by atoms with van der Waals surface area (Å²) in [5.41, 5.74) is 2.26. The number of aryl methyl sites for hydroxylation is 1. The topological polar surface area (TPSA) is 47.2 Å². The second-order valence-corrected chi connectivity index (χ2v) is 2.60. The molecule has 0 saturated carbocycles. The van der Waals surface area contributed by atoms with Gasteiger partial charge in [0.05, 0.1) is 12.7 Å². The average Bonchev–Trinajstić information content (AvgIpc) is 2.36. The maximum absolute atomic E-state index is 9.77. The quantitative estimate of drug-likeness (QED) is 0.486. The maximum atomic E-state index is 9.77. The first-order valence-corrected chi connectivity index (χ1v) is 3.77. The molecule has 0 spiro atoms. The highest BCUT2D eigenvalue weighted by Gasteiger charge is 2.01. The number of hydrogen-bond acceptors (Lipinski definition) is 3. The van der Waals surface area contributed by atoms with Crippen molar-refractivity contribution in [3.8, 4) is 0 Å². The molecule has 0 aliphatic heterocycles. The number of carbonyl (C=O) groups excluding carboxylic acids is 1. The van der Waals surface area contributed by atoms with Crippen LogP contribution >= 0.6 is 0 Å². The lowest BCUT2D eigenvalue weighted by Crippen LogP contribution is -1.95. The van der Waals surface area contributed by atoms with Gasteiger partial charge in [-0.2, -0.15) is 5.10 Å². The summed E-state index contributed by atoms with van der Waals surface area (Å²) < 4.78 is 1.81. The first-order chi connectivity index (χ1) is 5.75. The van der Waals surface area contributed by atoms with E-state index in [2.05, 4.69) is 10.1 Å². The fourth-order valence-corrected chi connectivity index (χ4v) is 1.01. The van der Waals surface area contributed by atoms with Gasteiger partial charge < -0.3 is 0 Å². The van der Waals surface area contributed by atoms with Gasteiger partial charge in [-0.3, -0.25) is 4.68 Å². The lowest BCUT2D eigenvalue weighted by Gasteiger charge is -1.95. The van der Waals surface area contributed by atoms with Crippen LogP contribution in [0.15, 0.2) is 11.2 Å². The van der Waals surface area contributed by atoms with Crippen LogP contribution in [0, 0.1) is 6.92 Å². The van der Waals surface area contributed by atoms with Crippen molar-refractivity contribution in [3.05, 3.63) is 17.5 Å². The summed E-state index contributed by atoms with van der Waals surface area (Å²) in [5.74, 6) is 0. The summed E-state index contributed by atoms with van der Waals surface area (Å²) in [7, 11) is 1.89. The Balaban J connectivity index is 2.63. The van der Waals surface area contributed by atoms with Gasteiger partial charge in [0.25, 0.3) is 0 Å². The molecular weight excluding hydrogens is 154 g/mol. The van der Waals surface area contributed by atoms with Crippen molar-refractivity contribution in [2.24, 2.45) is 12.0 Å². The summed E-state index contributed by atoms with van der Waals surface area (Å²) in [6.07, 6.45) is 4.07. The SMILES string of the molecule is Cc1c(CCN=C=O)cnn1C. The Morgan fingerprint density at radius 1 is 1.75 bits per heavy atom. The van der Waals surface area contributed by atoms with Crippen molar-refractivity contribution in [2.75, 3.05) is 6.54 Å². The number of isocyanates is 1. The maximum Gasteiger partial charge on any atom is 0.234 e. The van der Waals surface area contributed by atoms with Gasteiger partial charge >= 0.3 is 0 Å². The van der Waals surface area contributed by atoms with Gasteiger partial charge in [-0.1, -0.05) is 0 Å². The van der Waals surface area contributed by atoms with Crippen molar-refractivity contribution < 1.29 is 4.79 Å². The van der Waals surface area contributed by atoms with E-state index in [0.29, 0.717) is 6.54 Å². The molecule has 0 unspecified atom stereocenters. The minimum atomic E-state index is 0.496. The van der Waals surface area contributed by atoms with Gasteiger partial charge in [-0.15, -0.1) is 0 Å². The molecule has 0 bridgehead atoms. The molecule has 1 aromatic heterocycles. The Bertz CT molecular complexity index is 310. The van der Waals surface area contributed by atoms with Gasteiger partial charge in [0.1, 0.15) is 0 Å². The van der Waals surface area contributed by atoms with Crippen LogP contribution in [0.25, 0.3) is 0 Å². The van der Waals surface area contributed by atoms with E-state index < -0.39 is 0 Å². The first kappa shape index (κ1) is 8.68. The molecular formula is C8H11N3O. The number of hydrogen-bond donors (Lipinski definition) is 0. The van der Waals surface area contributed by atoms with Crippen LogP contribution in [0.2, 0.25) is 0 Å². The zero-order valence-corrected chi connectivity index (χ0v) is 7.24. The number of rotatable bonds is 3. The molecule has 0 aliphatic carbocycles. The molecule has 0 fully saturated rings. The van der Waals surface area contributed by atoms with Crippen LogP contribution in [0.1, 0.15) is 11.3 Å². The van der Waals surface area contributed by atoms with E-state index in [0.717, 1.165) is 17.7 Å². The van der Waals surface area contributed by atoms with Crippen LogP contribution in [-0.4, -0.2) is 22.4 Å². The van der Waals surface area contributed by atoms with E-state index in [-0.39, 0.29) is 0 Å². The van der Waals surface area contributed by atoms with E-state index >= 15 is 0 Å². The number of aromatic nitrogens is 2. The van der Waals surface area contributed by atoms with Gasteiger partial charge in [0, 0.05) is 12.7 Å². The van der Waals surface area contributed by atoms with Crippen molar-refractivity contribution >= 4 is 6.08 Å². The Morgan fingerprint density at radius 3 is 3.00 bits per heavy atom. The van der Waals surface area contributed by atoms with Gasteiger partial charge in [0.15, 0.2) is 0 Å². The Labute approximate surface area is 70.9 Å². The van der Waals surface area contributed by atoms with Gasteiger partial charge in [-0.05, 0) is 18.9 Å². The monoisotopic (exact) mass is 165 g/mol. The van der Waals surface area contributed by atoms with Crippen molar-refractivity contribution in [1.82, 2.24) is 9.78 Å². The van der Waals surface area contributed by atoms with Crippen LogP contribution < -0.4 is 0 Å². The van der Waals surface area contributed by atoms with Crippen LogP contribution in [-0.2, 0) is 18.3 Å². The zero-order valence-electron chi connectivity index (χ0n) is 7.24. The summed E-state index contributed by atoms with van der Waals surface area (Å²) in [5, 5.41) is 4.07. The third kappa shape index (κ3) is 1.80. The van der Waals surface area contributed by atoms with E-state index in [1.807, 2.05) is 14.0 Å². The van der Waals surface area contributed by atoms with Crippen molar-refractivity contribution in [3.63, 3.8) is 0 Å². The largest absolute Gasteiger partial charge is 0.273 e. The van der Waals surface area contributed by atoms with E-state index in [9.17, 15) is 4.79 Å². The minimum Gasteiger partial charge on any atom is -0.273 e. The molecule has 0 N–H and O–H groups in total. The second kappa shape index (κ2) is 3.83. The number of nitrogens with zero attached hydrogens (tertiary/aromatic N) is 3.